The van der Waals surface area contributed by atoms with Crippen LogP contribution in [-0.2, 0) is 0 Å². The van der Waals surface area contributed by atoms with E-state index in [-0.39, 0.29) is 0 Å². The van der Waals surface area contributed by atoms with Crippen molar-refractivity contribution in [2.75, 3.05) is 30.4 Å². The monoisotopic (exact) mass is 299 g/mol. The number of likely N-dealkylation sites (N-methyl/N-ethyl adjacent to an activating group) is 1. The van der Waals surface area contributed by atoms with Crippen molar-refractivity contribution in [1.29, 1.82) is 0 Å². The summed E-state index contributed by atoms with van der Waals surface area (Å²) >= 11 is 0. The van der Waals surface area contributed by atoms with Crippen LogP contribution < -0.4 is 15.5 Å². The Balaban J connectivity index is 0.000000693. The SMILES string of the molecule is C#C.CNC1CCN(c2ccnc(NC3CC4CCC43)n2)C1. The lowest BCUT2D eigenvalue weighted by atomic mass is 9.56. The molecule has 1 aromatic heterocycles. The Kier molecular flexibility index (Phi) is 4.49. The van der Waals surface area contributed by atoms with Crippen LogP contribution in [0.3, 0.4) is 0 Å². The Hall–Kier alpha value is -1.80. The van der Waals surface area contributed by atoms with Crippen LogP contribution in [-0.4, -0.2) is 42.2 Å². The maximum atomic E-state index is 4.70. The highest BCUT2D eigenvalue weighted by Gasteiger charge is 2.47. The van der Waals surface area contributed by atoms with Crippen LogP contribution in [0.2, 0.25) is 0 Å². The smallest absolute Gasteiger partial charge is 0.224 e. The third-order valence-corrected chi connectivity index (χ3v) is 5.43. The minimum atomic E-state index is 0.587. The first-order chi connectivity index (χ1) is 10.8. The first-order valence-corrected chi connectivity index (χ1v) is 8.18. The standard InChI is InChI=1S/C15H23N5.C2H2/c1-16-11-5-7-20(9-11)14-4-6-17-15(19-14)18-13-8-10-2-3-12(10)13;1-2/h4,6,10-13,16H,2-3,5,7-9H2,1H3,(H,17,18,19);1-2H. The summed E-state index contributed by atoms with van der Waals surface area (Å²) in [6.07, 6.45) is 15.2. The zero-order valence-electron chi connectivity index (χ0n) is 13.2. The fourth-order valence-corrected chi connectivity index (χ4v) is 3.85. The molecule has 0 spiro atoms. The van der Waals surface area contributed by atoms with E-state index in [4.69, 9.17) is 4.98 Å². The number of nitrogens with one attached hydrogen (secondary N) is 2. The van der Waals surface area contributed by atoms with Crippen molar-refractivity contribution in [1.82, 2.24) is 15.3 Å². The molecule has 0 aromatic carbocycles. The normalized spacial score (nSPS) is 32.0. The van der Waals surface area contributed by atoms with Crippen molar-refractivity contribution in [3.8, 4) is 12.8 Å². The topological polar surface area (TPSA) is 53.1 Å². The van der Waals surface area contributed by atoms with Crippen molar-refractivity contribution < 1.29 is 0 Å². The molecular formula is C17H25N5. The van der Waals surface area contributed by atoms with Crippen molar-refractivity contribution in [2.24, 2.45) is 11.8 Å². The fraction of sp³-hybridized carbons (Fsp3) is 0.647. The summed E-state index contributed by atoms with van der Waals surface area (Å²) in [6, 6.07) is 3.23. The third kappa shape index (κ3) is 2.76. The van der Waals surface area contributed by atoms with Gasteiger partial charge in [0.25, 0.3) is 0 Å². The molecule has 0 radical (unpaired) electrons. The minimum absolute atomic E-state index is 0.587. The molecule has 1 saturated heterocycles. The third-order valence-electron chi connectivity index (χ3n) is 5.43. The highest BCUT2D eigenvalue weighted by molar-refractivity contribution is 5.44. The minimum Gasteiger partial charge on any atom is -0.355 e. The zero-order chi connectivity index (χ0) is 15.5. The van der Waals surface area contributed by atoms with E-state index in [0.29, 0.717) is 12.1 Å². The Morgan fingerprint density at radius 2 is 2.14 bits per heavy atom. The predicted molar refractivity (Wildman–Crippen MR) is 89.8 cm³/mol. The molecule has 3 aliphatic rings. The Morgan fingerprint density at radius 1 is 1.27 bits per heavy atom. The Labute approximate surface area is 132 Å². The Morgan fingerprint density at radius 3 is 2.73 bits per heavy atom. The highest BCUT2D eigenvalue weighted by Crippen LogP contribution is 2.50. The molecule has 4 unspecified atom stereocenters. The number of aromatic nitrogens is 2. The first kappa shape index (κ1) is 15.1. The fourth-order valence-electron chi connectivity index (χ4n) is 3.85. The van der Waals surface area contributed by atoms with Gasteiger partial charge >= 0.3 is 0 Å². The molecule has 3 fully saturated rings. The highest BCUT2D eigenvalue weighted by atomic mass is 15.3. The van der Waals surface area contributed by atoms with Gasteiger partial charge in [0.05, 0.1) is 0 Å². The second-order valence-electron chi connectivity index (χ2n) is 6.45. The molecule has 118 valence electrons. The summed E-state index contributed by atoms with van der Waals surface area (Å²) < 4.78 is 0. The molecular weight excluding hydrogens is 274 g/mol. The number of nitrogens with zero attached hydrogens (tertiary/aromatic N) is 3. The van der Waals surface area contributed by atoms with E-state index in [1.807, 2.05) is 19.3 Å². The lowest BCUT2D eigenvalue weighted by Crippen LogP contribution is -2.52. The van der Waals surface area contributed by atoms with Crippen molar-refractivity contribution in [2.45, 2.75) is 37.8 Å². The van der Waals surface area contributed by atoms with E-state index in [0.717, 1.165) is 36.7 Å². The average Bonchev–Trinajstić information content (AvgIpc) is 3.03. The zero-order valence-corrected chi connectivity index (χ0v) is 13.2. The van der Waals surface area contributed by atoms with E-state index >= 15 is 0 Å². The van der Waals surface area contributed by atoms with Gasteiger partial charge in [-0.25, -0.2) is 4.98 Å². The van der Waals surface area contributed by atoms with Crippen LogP contribution in [0.25, 0.3) is 0 Å². The second-order valence-corrected chi connectivity index (χ2v) is 6.45. The van der Waals surface area contributed by atoms with E-state index in [2.05, 4.69) is 33.4 Å². The van der Waals surface area contributed by atoms with Gasteiger partial charge in [-0.15, -0.1) is 12.8 Å². The molecule has 1 aliphatic heterocycles. The van der Waals surface area contributed by atoms with Gasteiger partial charge in [-0.3, -0.25) is 0 Å². The number of hydrogen-bond acceptors (Lipinski definition) is 5. The van der Waals surface area contributed by atoms with Crippen LogP contribution in [0.15, 0.2) is 12.3 Å². The number of terminal acetylenes is 1. The summed E-state index contributed by atoms with van der Waals surface area (Å²) in [5, 5.41) is 6.88. The number of hydrogen-bond donors (Lipinski definition) is 2. The van der Waals surface area contributed by atoms with Gasteiger partial charge in [-0.05, 0) is 50.6 Å². The van der Waals surface area contributed by atoms with Crippen LogP contribution in [0.4, 0.5) is 11.8 Å². The van der Waals surface area contributed by atoms with Gasteiger partial charge in [-0.1, -0.05) is 0 Å². The largest absolute Gasteiger partial charge is 0.355 e. The van der Waals surface area contributed by atoms with Gasteiger partial charge in [0.15, 0.2) is 0 Å². The van der Waals surface area contributed by atoms with E-state index < -0.39 is 0 Å². The van der Waals surface area contributed by atoms with Gasteiger partial charge in [0.2, 0.25) is 5.95 Å². The van der Waals surface area contributed by atoms with Crippen LogP contribution in [0, 0.1) is 24.7 Å². The maximum absolute atomic E-state index is 4.70. The molecule has 2 N–H and O–H groups in total. The van der Waals surface area contributed by atoms with Crippen molar-refractivity contribution in [3.63, 3.8) is 0 Å². The maximum Gasteiger partial charge on any atom is 0.224 e. The summed E-state index contributed by atoms with van der Waals surface area (Å²) in [5.41, 5.74) is 0. The molecule has 5 nitrogen and oxygen atoms in total. The molecule has 2 aliphatic carbocycles. The molecule has 0 bridgehead atoms. The van der Waals surface area contributed by atoms with Crippen LogP contribution >= 0.6 is 0 Å². The summed E-state index contributed by atoms with van der Waals surface area (Å²) in [7, 11) is 2.03. The van der Waals surface area contributed by atoms with Gasteiger partial charge in [0.1, 0.15) is 5.82 Å². The van der Waals surface area contributed by atoms with Gasteiger partial charge < -0.3 is 15.5 Å². The number of fused-ring (bicyclic) bond motifs is 1. The summed E-state index contributed by atoms with van der Waals surface area (Å²) in [5.74, 6) is 3.75. The van der Waals surface area contributed by atoms with E-state index in [1.54, 1.807) is 0 Å². The summed E-state index contributed by atoms with van der Waals surface area (Å²) in [6.45, 7) is 2.12. The molecule has 4 atom stereocenters. The molecule has 1 aromatic rings. The lowest BCUT2D eigenvalue weighted by molar-refractivity contribution is 0.0359. The predicted octanol–water partition coefficient (Wildman–Crippen LogP) is 1.73. The molecule has 5 heteroatoms. The van der Waals surface area contributed by atoms with Gasteiger partial charge in [0, 0.05) is 31.4 Å². The van der Waals surface area contributed by atoms with Crippen LogP contribution in [0.1, 0.15) is 25.7 Å². The van der Waals surface area contributed by atoms with Gasteiger partial charge in [-0.2, -0.15) is 4.98 Å². The van der Waals surface area contributed by atoms with E-state index in [1.165, 1.54) is 25.7 Å². The number of anilines is 2. The molecule has 22 heavy (non-hydrogen) atoms. The quantitative estimate of drug-likeness (QED) is 0.829. The average molecular weight is 299 g/mol. The molecule has 4 rings (SSSR count). The van der Waals surface area contributed by atoms with Crippen molar-refractivity contribution in [3.05, 3.63) is 12.3 Å². The van der Waals surface area contributed by atoms with Crippen molar-refractivity contribution >= 4 is 11.8 Å². The molecule has 2 heterocycles. The number of rotatable bonds is 4. The second kappa shape index (κ2) is 6.53. The molecule has 2 saturated carbocycles. The van der Waals surface area contributed by atoms with Crippen LogP contribution in [0.5, 0.6) is 0 Å². The Bertz CT molecular complexity index is 529. The lowest BCUT2D eigenvalue weighted by Gasteiger charge is -2.53. The molecule has 0 amide bonds. The summed E-state index contributed by atoms with van der Waals surface area (Å²) in [4.78, 5) is 11.4. The first-order valence-electron chi connectivity index (χ1n) is 8.18. The van der Waals surface area contributed by atoms with E-state index in [9.17, 15) is 0 Å².